The summed E-state index contributed by atoms with van der Waals surface area (Å²) in [6, 6.07) is 7.41. The van der Waals surface area contributed by atoms with E-state index in [0.29, 0.717) is 42.9 Å². The fourth-order valence-corrected chi connectivity index (χ4v) is 2.57. The number of ether oxygens (including phenoxy) is 1. The van der Waals surface area contributed by atoms with Gasteiger partial charge in [-0.3, -0.25) is 0 Å². The van der Waals surface area contributed by atoms with Crippen molar-refractivity contribution in [2.45, 2.75) is 6.92 Å². The number of amides is 1. The number of piperazine rings is 1. The first kappa shape index (κ1) is 15.9. The third kappa shape index (κ3) is 4.47. The van der Waals surface area contributed by atoms with Crippen LogP contribution >= 0.6 is 23.8 Å². The highest BCUT2D eigenvalue weighted by atomic mass is 35.5. The number of carbonyl (C=O) groups is 1. The molecule has 0 aliphatic carbocycles. The largest absolute Gasteiger partial charge is 0.450 e. The molecule has 0 saturated carbocycles. The van der Waals surface area contributed by atoms with Gasteiger partial charge < -0.3 is 19.9 Å². The second-order valence-electron chi connectivity index (χ2n) is 4.61. The third-order valence-corrected chi connectivity index (χ3v) is 3.76. The van der Waals surface area contributed by atoms with Crippen LogP contribution in [0.3, 0.4) is 0 Å². The Labute approximate surface area is 134 Å². The predicted molar refractivity (Wildman–Crippen MR) is 87.8 cm³/mol. The van der Waals surface area contributed by atoms with Crippen LogP contribution in [0, 0.1) is 0 Å². The summed E-state index contributed by atoms with van der Waals surface area (Å²) < 4.78 is 4.99. The molecule has 0 atom stereocenters. The van der Waals surface area contributed by atoms with Crippen LogP contribution in [0.4, 0.5) is 10.5 Å². The molecule has 1 N–H and O–H groups in total. The topological polar surface area (TPSA) is 44.8 Å². The van der Waals surface area contributed by atoms with Crippen LogP contribution in [0.2, 0.25) is 5.02 Å². The Morgan fingerprint density at radius 1 is 1.33 bits per heavy atom. The Hall–Kier alpha value is -1.53. The minimum absolute atomic E-state index is 0.258. The maximum atomic E-state index is 11.6. The van der Waals surface area contributed by atoms with Crippen LogP contribution < -0.4 is 5.32 Å². The van der Waals surface area contributed by atoms with Crippen LogP contribution in [0.25, 0.3) is 0 Å². The lowest BCUT2D eigenvalue weighted by Gasteiger charge is -2.35. The van der Waals surface area contributed by atoms with Crippen molar-refractivity contribution in [2.24, 2.45) is 0 Å². The lowest BCUT2D eigenvalue weighted by atomic mass is 10.3. The quantitative estimate of drug-likeness (QED) is 0.846. The van der Waals surface area contributed by atoms with Crippen molar-refractivity contribution in [3.63, 3.8) is 0 Å². The van der Waals surface area contributed by atoms with Crippen molar-refractivity contribution in [3.8, 4) is 0 Å². The molecule has 2 rings (SSSR count). The summed E-state index contributed by atoms with van der Waals surface area (Å²) in [7, 11) is 0. The van der Waals surface area contributed by atoms with Gasteiger partial charge in [0.25, 0.3) is 0 Å². The Kier molecular flexibility index (Phi) is 5.64. The maximum Gasteiger partial charge on any atom is 0.409 e. The van der Waals surface area contributed by atoms with E-state index in [-0.39, 0.29) is 6.09 Å². The zero-order valence-electron chi connectivity index (χ0n) is 11.8. The molecule has 5 nitrogen and oxygen atoms in total. The van der Waals surface area contributed by atoms with Crippen LogP contribution in [-0.4, -0.2) is 53.8 Å². The summed E-state index contributed by atoms with van der Waals surface area (Å²) >= 11 is 11.3. The number of carbonyl (C=O) groups excluding carboxylic acids is 1. The SMILES string of the molecule is CCOC(=O)N1CCN(C(=S)Nc2cccc(Cl)c2)CC1. The number of thiocarbonyl (C=S) groups is 1. The first-order valence-electron chi connectivity index (χ1n) is 6.83. The van der Waals surface area contributed by atoms with E-state index in [1.54, 1.807) is 11.8 Å². The molecule has 114 valence electrons. The smallest absolute Gasteiger partial charge is 0.409 e. The van der Waals surface area contributed by atoms with Crippen molar-refractivity contribution in [2.75, 3.05) is 38.1 Å². The number of anilines is 1. The van der Waals surface area contributed by atoms with Crippen molar-refractivity contribution in [3.05, 3.63) is 29.3 Å². The van der Waals surface area contributed by atoms with E-state index >= 15 is 0 Å². The summed E-state index contributed by atoms with van der Waals surface area (Å²) in [4.78, 5) is 15.4. The molecule has 1 saturated heterocycles. The monoisotopic (exact) mass is 327 g/mol. The molecule has 1 heterocycles. The highest BCUT2D eigenvalue weighted by molar-refractivity contribution is 7.80. The maximum absolute atomic E-state index is 11.6. The van der Waals surface area contributed by atoms with Gasteiger partial charge in [-0.1, -0.05) is 17.7 Å². The van der Waals surface area contributed by atoms with Crippen molar-refractivity contribution >= 4 is 40.7 Å². The second kappa shape index (κ2) is 7.47. The fraction of sp³-hybridized carbons (Fsp3) is 0.429. The molecular weight excluding hydrogens is 310 g/mol. The molecule has 1 amide bonds. The number of benzene rings is 1. The summed E-state index contributed by atoms with van der Waals surface area (Å²) in [6.45, 7) is 4.79. The first-order chi connectivity index (χ1) is 10.1. The minimum Gasteiger partial charge on any atom is -0.450 e. The van der Waals surface area contributed by atoms with Gasteiger partial charge in [0.2, 0.25) is 0 Å². The van der Waals surface area contributed by atoms with Gasteiger partial charge in [-0.05, 0) is 37.3 Å². The summed E-state index contributed by atoms with van der Waals surface area (Å²) in [5.74, 6) is 0. The highest BCUT2D eigenvalue weighted by Crippen LogP contribution is 2.16. The lowest BCUT2D eigenvalue weighted by molar-refractivity contribution is 0.0923. The molecule has 1 aliphatic heterocycles. The highest BCUT2D eigenvalue weighted by Gasteiger charge is 2.23. The van der Waals surface area contributed by atoms with Gasteiger partial charge in [0, 0.05) is 36.9 Å². The average molecular weight is 328 g/mol. The van der Waals surface area contributed by atoms with Gasteiger partial charge >= 0.3 is 6.09 Å². The Bertz CT molecular complexity index is 519. The second-order valence-corrected chi connectivity index (χ2v) is 5.44. The van der Waals surface area contributed by atoms with Crippen LogP contribution in [0.15, 0.2) is 24.3 Å². The van der Waals surface area contributed by atoms with Gasteiger partial charge in [0.1, 0.15) is 0 Å². The number of rotatable bonds is 2. The predicted octanol–water partition coefficient (Wildman–Crippen LogP) is 2.81. The van der Waals surface area contributed by atoms with Gasteiger partial charge in [-0.2, -0.15) is 0 Å². The van der Waals surface area contributed by atoms with Crippen molar-refractivity contribution in [1.29, 1.82) is 0 Å². The summed E-state index contributed by atoms with van der Waals surface area (Å²) in [6.07, 6.45) is -0.258. The zero-order chi connectivity index (χ0) is 15.2. The Balaban J connectivity index is 1.84. The molecule has 1 aromatic carbocycles. The molecule has 7 heteroatoms. The minimum atomic E-state index is -0.258. The van der Waals surface area contributed by atoms with E-state index < -0.39 is 0 Å². The Morgan fingerprint density at radius 3 is 2.62 bits per heavy atom. The van der Waals surface area contributed by atoms with E-state index in [9.17, 15) is 4.79 Å². The van der Waals surface area contributed by atoms with E-state index in [1.807, 2.05) is 29.2 Å². The molecule has 21 heavy (non-hydrogen) atoms. The standard InChI is InChI=1S/C14H18ClN3O2S/c1-2-20-14(19)18-8-6-17(7-9-18)13(21)16-12-5-3-4-11(15)10-12/h3-5,10H,2,6-9H2,1H3,(H,16,21). The molecule has 1 aromatic rings. The van der Waals surface area contributed by atoms with Crippen LogP contribution in [-0.2, 0) is 4.74 Å². The number of hydrogen-bond donors (Lipinski definition) is 1. The third-order valence-electron chi connectivity index (χ3n) is 3.17. The van der Waals surface area contributed by atoms with Gasteiger partial charge in [-0.25, -0.2) is 4.79 Å². The van der Waals surface area contributed by atoms with Crippen molar-refractivity contribution in [1.82, 2.24) is 9.80 Å². The fourth-order valence-electron chi connectivity index (χ4n) is 2.08. The molecule has 0 spiro atoms. The zero-order valence-corrected chi connectivity index (χ0v) is 13.4. The number of halogens is 1. The lowest BCUT2D eigenvalue weighted by Crippen LogP contribution is -2.51. The van der Waals surface area contributed by atoms with E-state index in [4.69, 9.17) is 28.6 Å². The summed E-state index contributed by atoms with van der Waals surface area (Å²) in [5, 5.41) is 4.46. The average Bonchev–Trinajstić information content (AvgIpc) is 2.47. The molecule has 0 aromatic heterocycles. The van der Waals surface area contributed by atoms with Crippen LogP contribution in [0.5, 0.6) is 0 Å². The molecular formula is C14H18ClN3O2S. The van der Waals surface area contributed by atoms with Gasteiger partial charge in [0.05, 0.1) is 6.61 Å². The van der Waals surface area contributed by atoms with E-state index in [2.05, 4.69) is 5.32 Å². The first-order valence-corrected chi connectivity index (χ1v) is 7.62. The molecule has 0 radical (unpaired) electrons. The number of nitrogens with one attached hydrogen (secondary N) is 1. The summed E-state index contributed by atoms with van der Waals surface area (Å²) in [5.41, 5.74) is 0.861. The number of nitrogens with zero attached hydrogens (tertiary/aromatic N) is 2. The molecule has 1 fully saturated rings. The van der Waals surface area contributed by atoms with Crippen LogP contribution in [0.1, 0.15) is 6.92 Å². The van der Waals surface area contributed by atoms with Gasteiger partial charge in [-0.15, -0.1) is 0 Å². The van der Waals surface area contributed by atoms with E-state index in [1.165, 1.54) is 0 Å². The normalized spacial score (nSPS) is 14.8. The van der Waals surface area contributed by atoms with Crippen molar-refractivity contribution < 1.29 is 9.53 Å². The van der Waals surface area contributed by atoms with E-state index in [0.717, 1.165) is 5.69 Å². The molecule has 0 bridgehead atoms. The van der Waals surface area contributed by atoms with Gasteiger partial charge in [0.15, 0.2) is 5.11 Å². The Morgan fingerprint density at radius 2 is 2.00 bits per heavy atom. The molecule has 1 aliphatic rings. The molecule has 0 unspecified atom stereocenters. The number of hydrogen-bond acceptors (Lipinski definition) is 3.